The van der Waals surface area contributed by atoms with E-state index in [0.717, 1.165) is 23.1 Å². The molecule has 1 heterocycles. The lowest BCUT2D eigenvalue weighted by Gasteiger charge is -2.06. The summed E-state index contributed by atoms with van der Waals surface area (Å²) in [5, 5.41) is 0. The number of nitrogens with zero attached hydrogens (tertiary/aromatic N) is 1. The predicted octanol–water partition coefficient (Wildman–Crippen LogP) is -1.24. The van der Waals surface area contributed by atoms with E-state index in [2.05, 4.69) is 12.1 Å². The van der Waals surface area contributed by atoms with Crippen LogP contribution in [0.5, 0.6) is 0 Å². The van der Waals surface area contributed by atoms with E-state index in [4.69, 9.17) is 0 Å². The normalized spacial score (nSPS) is 14.8. The van der Waals surface area contributed by atoms with Gasteiger partial charge in [-0.25, -0.2) is 0 Å². The van der Waals surface area contributed by atoms with Crippen LogP contribution in [0, 0.1) is 6.92 Å². The topological polar surface area (TPSA) is 20.3 Å². The third-order valence-electron chi connectivity index (χ3n) is 2.79. The van der Waals surface area contributed by atoms with E-state index in [1.54, 1.807) is 4.81 Å². The molecule has 1 aliphatic rings. The Morgan fingerprint density at radius 1 is 1.46 bits per heavy atom. The Morgan fingerprint density at radius 3 is 2.85 bits per heavy atom. The van der Waals surface area contributed by atoms with E-state index in [0.29, 0.717) is 0 Å². The molecule has 13 heavy (non-hydrogen) atoms. The second-order valence-corrected chi connectivity index (χ2v) is 3.70. The van der Waals surface area contributed by atoms with Crippen LogP contribution in [-0.2, 0) is 6.54 Å². The molecule has 0 aliphatic carbocycles. The zero-order chi connectivity index (χ0) is 9.59. The fourth-order valence-corrected chi connectivity index (χ4v) is 1.82. The average Bonchev–Trinajstić information content (AvgIpc) is 2.37. The fraction of sp³-hybridized carbons (Fsp3) is 0.222. The van der Waals surface area contributed by atoms with Crippen LogP contribution >= 0.6 is 0 Å². The van der Waals surface area contributed by atoms with E-state index in [9.17, 15) is 4.79 Å². The minimum absolute atomic E-state index is 0.163. The van der Waals surface area contributed by atoms with Gasteiger partial charge in [-0.2, -0.15) is 0 Å². The van der Waals surface area contributed by atoms with Crippen LogP contribution < -0.4 is 5.46 Å². The summed E-state index contributed by atoms with van der Waals surface area (Å²) in [6, 6.07) is 4.14. The Kier molecular flexibility index (Phi) is 1.72. The molecule has 0 spiro atoms. The smallest absolute Gasteiger partial charge is 0.241 e. The molecule has 64 valence electrons. The molecule has 1 amide bonds. The number of fused-ring (bicyclic) bond motifs is 1. The number of carbonyl (C=O) groups is 1. The molecule has 1 aromatic rings. The van der Waals surface area contributed by atoms with Crippen molar-refractivity contribution in [2.45, 2.75) is 13.5 Å². The van der Waals surface area contributed by atoms with Crippen molar-refractivity contribution < 1.29 is 4.79 Å². The first-order chi connectivity index (χ1) is 6.11. The summed E-state index contributed by atoms with van der Waals surface area (Å²) >= 11 is 0. The first-order valence-electron chi connectivity index (χ1n) is 4.46. The van der Waals surface area contributed by atoms with Crippen molar-refractivity contribution >= 4 is 27.2 Å². The van der Waals surface area contributed by atoms with Gasteiger partial charge in [0.2, 0.25) is 13.9 Å². The molecule has 1 aliphatic heterocycles. The standard InChI is InChI=1S/C9H11B2NO/c1-5-2-3-6-4-12(11)9(13)7(6)8(5)10/h2-3H,4,10-11H2,1H3. The van der Waals surface area contributed by atoms with Crippen molar-refractivity contribution in [3.8, 4) is 0 Å². The summed E-state index contributed by atoms with van der Waals surface area (Å²) in [5.74, 6) is 0.163. The van der Waals surface area contributed by atoms with Gasteiger partial charge in [-0.15, -0.1) is 0 Å². The van der Waals surface area contributed by atoms with Gasteiger partial charge in [-0.3, -0.25) is 4.79 Å². The van der Waals surface area contributed by atoms with Gasteiger partial charge in [0.15, 0.2) is 0 Å². The molecular formula is C9H11B2NO. The van der Waals surface area contributed by atoms with Crippen LogP contribution in [0.2, 0.25) is 0 Å². The van der Waals surface area contributed by atoms with Crippen LogP contribution in [0.15, 0.2) is 12.1 Å². The van der Waals surface area contributed by atoms with Gasteiger partial charge in [-0.1, -0.05) is 23.2 Å². The maximum atomic E-state index is 11.7. The van der Waals surface area contributed by atoms with Gasteiger partial charge in [0.25, 0.3) is 0 Å². The number of hydrogen-bond acceptors (Lipinski definition) is 1. The number of amides is 1. The Hall–Kier alpha value is -1.18. The Balaban J connectivity index is 2.66. The highest BCUT2D eigenvalue weighted by Crippen LogP contribution is 2.19. The molecule has 0 unspecified atom stereocenters. The third-order valence-corrected chi connectivity index (χ3v) is 2.79. The minimum Gasteiger partial charge on any atom is -0.386 e. The van der Waals surface area contributed by atoms with Gasteiger partial charge >= 0.3 is 0 Å². The number of carbonyl (C=O) groups excluding carboxylic acids is 1. The average molecular weight is 171 g/mol. The van der Waals surface area contributed by atoms with Crippen LogP contribution in [0.3, 0.4) is 0 Å². The van der Waals surface area contributed by atoms with Crippen molar-refractivity contribution in [2.75, 3.05) is 0 Å². The van der Waals surface area contributed by atoms with Crippen molar-refractivity contribution in [3.05, 3.63) is 28.8 Å². The summed E-state index contributed by atoms with van der Waals surface area (Å²) < 4.78 is 0. The van der Waals surface area contributed by atoms with E-state index >= 15 is 0 Å². The molecule has 0 bridgehead atoms. The second kappa shape index (κ2) is 2.66. The number of rotatable bonds is 0. The maximum absolute atomic E-state index is 11.7. The van der Waals surface area contributed by atoms with Gasteiger partial charge in [-0.05, 0) is 12.5 Å². The lowest BCUT2D eigenvalue weighted by Crippen LogP contribution is -2.24. The zero-order valence-corrected chi connectivity index (χ0v) is 8.22. The monoisotopic (exact) mass is 171 g/mol. The van der Waals surface area contributed by atoms with Gasteiger partial charge in [0.1, 0.15) is 7.85 Å². The summed E-state index contributed by atoms with van der Waals surface area (Å²) in [6.45, 7) is 2.80. The highest BCUT2D eigenvalue weighted by molar-refractivity contribution is 6.39. The number of hydrogen-bond donors (Lipinski definition) is 0. The number of aryl methyl sites for hydroxylation is 1. The fourth-order valence-electron chi connectivity index (χ4n) is 1.82. The van der Waals surface area contributed by atoms with Crippen LogP contribution in [0.25, 0.3) is 0 Å². The quantitative estimate of drug-likeness (QED) is 0.447. The van der Waals surface area contributed by atoms with E-state index in [1.807, 2.05) is 22.8 Å². The molecule has 0 atom stereocenters. The Bertz CT molecular complexity index is 389. The minimum atomic E-state index is 0.163. The third kappa shape index (κ3) is 1.09. The van der Waals surface area contributed by atoms with E-state index in [-0.39, 0.29) is 5.91 Å². The molecular weight excluding hydrogens is 160 g/mol. The maximum Gasteiger partial charge on any atom is 0.241 e. The van der Waals surface area contributed by atoms with Crippen LogP contribution in [0.1, 0.15) is 21.5 Å². The molecule has 0 N–H and O–H groups in total. The number of benzene rings is 1. The summed E-state index contributed by atoms with van der Waals surface area (Å²) in [7, 11) is 3.86. The highest BCUT2D eigenvalue weighted by Gasteiger charge is 2.25. The Morgan fingerprint density at radius 2 is 2.15 bits per heavy atom. The molecule has 0 radical (unpaired) electrons. The van der Waals surface area contributed by atoms with E-state index in [1.165, 1.54) is 5.56 Å². The second-order valence-electron chi connectivity index (χ2n) is 3.70. The Labute approximate surface area is 79.8 Å². The largest absolute Gasteiger partial charge is 0.386 e. The van der Waals surface area contributed by atoms with Crippen molar-refractivity contribution in [3.63, 3.8) is 0 Å². The summed E-state index contributed by atoms with van der Waals surface area (Å²) in [4.78, 5) is 13.5. The van der Waals surface area contributed by atoms with Gasteiger partial charge in [0, 0.05) is 12.1 Å². The molecule has 0 fully saturated rings. The first-order valence-corrected chi connectivity index (χ1v) is 4.46. The SMILES string of the molecule is Bc1c(C)ccc2c1C(=O)N(B)C2. The molecule has 2 nitrogen and oxygen atoms in total. The van der Waals surface area contributed by atoms with Crippen molar-refractivity contribution in [1.29, 1.82) is 0 Å². The molecule has 0 aromatic heterocycles. The van der Waals surface area contributed by atoms with Gasteiger partial charge < -0.3 is 4.81 Å². The molecule has 4 heteroatoms. The summed E-state index contributed by atoms with van der Waals surface area (Å²) in [6.07, 6.45) is 0. The first kappa shape index (κ1) is 8.42. The lowest BCUT2D eigenvalue weighted by atomic mass is 9.84. The summed E-state index contributed by atoms with van der Waals surface area (Å²) in [5.41, 5.74) is 4.41. The van der Waals surface area contributed by atoms with Crippen LogP contribution in [-0.4, -0.2) is 26.5 Å². The van der Waals surface area contributed by atoms with Crippen molar-refractivity contribution in [2.24, 2.45) is 0 Å². The highest BCUT2D eigenvalue weighted by atomic mass is 16.2. The van der Waals surface area contributed by atoms with Gasteiger partial charge in [0.05, 0.1) is 0 Å². The molecule has 0 saturated heterocycles. The van der Waals surface area contributed by atoms with Crippen molar-refractivity contribution in [1.82, 2.24) is 4.81 Å². The molecule has 0 saturated carbocycles. The van der Waals surface area contributed by atoms with Crippen LogP contribution in [0.4, 0.5) is 0 Å². The lowest BCUT2D eigenvalue weighted by molar-refractivity contribution is 0.0881. The molecule has 1 aromatic carbocycles. The zero-order valence-electron chi connectivity index (χ0n) is 8.22. The predicted molar refractivity (Wildman–Crippen MR) is 57.8 cm³/mol. The van der Waals surface area contributed by atoms with E-state index < -0.39 is 0 Å². The molecule has 2 rings (SSSR count).